The summed E-state index contributed by atoms with van der Waals surface area (Å²) in [5, 5.41) is 13.7. The normalized spacial score (nSPS) is 30.2. The Labute approximate surface area is 224 Å². The minimum Gasteiger partial charge on any atom is -0.508 e. The Balaban J connectivity index is 1.36. The van der Waals surface area contributed by atoms with Gasteiger partial charge in [0, 0.05) is 29.3 Å². The zero-order valence-corrected chi connectivity index (χ0v) is 23.1. The van der Waals surface area contributed by atoms with Crippen molar-refractivity contribution in [2.45, 2.75) is 97.0 Å². The summed E-state index contributed by atoms with van der Waals surface area (Å²) in [5.41, 5.74) is 2.60. The Morgan fingerprint density at radius 1 is 1.27 bits per heavy atom. The van der Waals surface area contributed by atoms with Crippen LogP contribution in [0.25, 0.3) is 0 Å². The molecule has 3 aliphatic rings. The van der Waals surface area contributed by atoms with E-state index in [-0.39, 0.29) is 23.4 Å². The molecule has 3 aliphatic carbocycles. The molecule has 4 unspecified atom stereocenters. The fourth-order valence-electron chi connectivity index (χ4n) is 7.73. The monoisotopic (exact) mass is 524 g/mol. The van der Waals surface area contributed by atoms with Crippen molar-refractivity contribution in [2.75, 3.05) is 5.32 Å². The molecule has 5 rings (SSSR count). The molecule has 6 nitrogen and oxygen atoms in total. The molecule has 0 bridgehead atoms. The molecule has 1 heterocycles. The number of rotatable bonds is 8. The van der Waals surface area contributed by atoms with Gasteiger partial charge in [0.05, 0.1) is 0 Å². The Morgan fingerprint density at radius 3 is 2.86 bits per heavy atom. The van der Waals surface area contributed by atoms with Crippen molar-refractivity contribution < 1.29 is 19.4 Å². The molecule has 1 aromatic heterocycles. The highest BCUT2D eigenvalue weighted by molar-refractivity contribution is 7.15. The maximum Gasteiger partial charge on any atom is 0.306 e. The second-order valence-corrected chi connectivity index (χ2v) is 12.9. The number of unbranched alkanes of at least 4 members (excludes halogenated alkanes) is 1. The third-order valence-electron chi connectivity index (χ3n) is 9.38. The van der Waals surface area contributed by atoms with Crippen molar-refractivity contribution in [1.29, 1.82) is 0 Å². The van der Waals surface area contributed by atoms with Crippen molar-refractivity contribution in [3.05, 3.63) is 40.4 Å². The number of phenols is 1. The summed E-state index contributed by atoms with van der Waals surface area (Å²) in [5.74, 6) is 2.00. The lowest BCUT2D eigenvalue weighted by molar-refractivity contribution is -0.157. The number of anilines is 1. The number of hydrogen-bond donors (Lipinski definition) is 2. The Morgan fingerprint density at radius 2 is 2.11 bits per heavy atom. The van der Waals surface area contributed by atoms with Crippen molar-refractivity contribution >= 4 is 28.3 Å². The number of aryl methyl sites for hydroxylation is 2. The highest BCUT2D eigenvalue weighted by Gasteiger charge is 2.59. The van der Waals surface area contributed by atoms with Crippen molar-refractivity contribution in [2.24, 2.45) is 23.2 Å². The lowest BCUT2D eigenvalue weighted by Crippen LogP contribution is -2.46. The number of hydrogen-bond acceptors (Lipinski definition) is 6. The minimum absolute atomic E-state index is 0.0104. The second-order valence-electron chi connectivity index (χ2n) is 11.7. The van der Waals surface area contributed by atoms with Gasteiger partial charge in [-0.1, -0.05) is 26.3 Å². The van der Waals surface area contributed by atoms with Crippen LogP contribution in [-0.2, 0) is 20.7 Å². The molecular formula is C30H40N2O4S. The number of nitrogens with one attached hydrogen (secondary N) is 1. The lowest BCUT2D eigenvalue weighted by Gasteiger charge is -2.51. The largest absolute Gasteiger partial charge is 0.508 e. The van der Waals surface area contributed by atoms with Crippen LogP contribution in [0.5, 0.6) is 5.75 Å². The van der Waals surface area contributed by atoms with Gasteiger partial charge in [0.1, 0.15) is 11.9 Å². The number of amides is 1. The zero-order chi connectivity index (χ0) is 26.2. The number of carbonyl (C=O) groups excluding carboxylic acids is 2. The van der Waals surface area contributed by atoms with E-state index in [4.69, 9.17) is 4.74 Å². The zero-order valence-electron chi connectivity index (χ0n) is 22.3. The molecule has 2 N–H and O–H groups in total. The molecule has 6 atom stereocenters. The lowest BCUT2D eigenvalue weighted by atomic mass is 9.53. The molecule has 2 fully saturated rings. The third kappa shape index (κ3) is 5.29. The van der Waals surface area contributed by atoms with E-state index in [1.807, 2.05) is 19.1 Å². The predicted octanol–water partition coefficient (Wildman–Crippen LogP) is 6.76. The molecule has 1 aromatic carbocycles. The maximum absolute atomic E-state index is 12.8. The first-order chi connectivity index (χ1) is 17.8. The summed E-state index contributed by atoms with van der Waals surface area (Å²) >= 11 is 1.50. The number of benzene rings is 1. The van der Waals surface area contributed by atoms with E-state index < -0.39 is 0 Å². The maximum atomic E-state index is 12.8. The number of phenolic OH excluding ortho intramolecular Hbond substituents is 1. The molecule has 0 saturated heterocycles. The molecule has 7 heteroatoms. The summed E-state index contributed by atoms with van der Waals surface area (Å²) in [6, 6.07) is 5.89. The van der Waals surface area contributed by atoms with Crippen molar-refractivity contribution in [1.82, 2.24) is 4.98 Å². The molecule has 2 saturated carbocycles. The van der Waals surface area contributed by atoms with Crippen LogP contribution in [0.2, 0.25) is 0 Å². The summed E-state index contributed by atoms with van der Waals surface area (Å²) in [4.78, 5) is 30.9. The van der Waals surface area contributed by atoms with E-state index in [2.05, 4.69) is 30.2 Å². The SMILES string of the molecule is CCCCC(=O)O[C@H]1C[C@@H](CCC(=O)Nc2ncc(C)s2)C2C3CCc4cc(O)ccc4C3CCC21C. The molecule has 0 spiro atoms. The van der Waals surface area contributed by atoms with Gasteiger partial charge in [-0.2, -0.15) is 0 Å². The van der Waals surface area contributed by atoms with E-state index in [1.165, 1.54) is 22.5 Å². The summed E-state index contributed by atoms with van der Waals surface area (Å²) in [6.45, 7) is 6.42. The predicted molar refractivity (Wildman–Crippen MR) is 146 cm³/mol. The fourth-order valence-corrected chi connectivity index (χ4v) is 8.41. The van der Waals surface area contributed by atoms with Gasteiger partial charge in [-0.3, -0.25) is 9.59 Å². The van der Waals surface area contributed by atoms with Crippen LogP contribution in [0.4, 0.5) is 5.13 Å². The van der Waals surface area contributed by atoms with Gasteiger partial charge in [0.2, 0.25) is 5.91 Å². The van der Waals surface area contributed by atoms with Crippen molar-refractivity contribution in [3.8, 4) is 5.75 Å². The molecule has 37 heavy (non-hydrogen) atoms. The van der Waals surface area contributed by atoms with Gasteiger partial charge >= 0.3 is 5.97 Å². The van der Waals surface area contributed by atoms with Crippen molar-refractivity contribution in [3.63, 3.8) is 0 Å². The number of aromatic hydroxyl groups is 1. The molecule has 200 valence electrons. The van der Waals surface area contributed by atoms with Gasteiger partial charge in [0.25, 0.3) is 0 Å². The van der Waals surface area contributed by atoms with E-state index in [0.717, 1.165) is 56.2 Å². The van der Waals surface area contributed by atoms with Gasteiger partial charge in [-0.05, 0) is 98.8 Å². The standard InChI is InChI=1S/C30H40N2O4S/c1-4-5-6-27(35)36-25-16-20(8-12-26(34)32-29-31-17-18(2)37-29)28-24-10-7-19-15-21(33)9-11-22(19)23(24)13-14-30(25,28)3/h9,11,15,17,20,23-25,28,33H,4-8,10,12-14,16H2,1-3H3,(H,31,32,34)/t20-,23?,24?,25+,28?,30?/m1/s1. The van der Waals surface area contributed by atoms with Crippen LogP contribution in [0.15, 0.2) is 24.4 Å². The average Bonchev–Trinajstić information content (AvgIpc) is 3.40. The van der Waals surface area contributed by atoms with Gasteiger partial charge in [-0.15, -0.1) is 11.3 Å². The highest BCUT2D eigenvalue weighted by Crippen LogP contribution is 2.64. The van der Waals surface area contributed by atoms with Gasteiger partial charge in [0.15, 0.2) is 5.13 Å². The Kier molecular flexibility index (Phi) is 7.62. The van der Waals surface area contributed by atoms with E-state index in [1.54, 1.807) is 6.20 Å². The summed E-state index contributed by atoms with van der Waals surface area (Å²) in [7, 11) is 0. The van der Waals surface area contributed by atoms with Crippen LogP contribution in [0, 0.1) is 30.1 Å². The number of fused-ring (bicyclic) bond motifs is 5. The van der Waals surface area contributed by atoms with Crippen LogP contribution in [0.1, 0.15) is 93.6 Å². The van der Waals surface area contributed by atoms with Crippen LogP contribution >= 0.6 is 11.3 Å². The summed E-state index contributed by atoms with van der Waals surface area (Å²) in [6.07, 6.45) is 10.3. The number of thiazole rings is 1. The van der Waals surface area contributed by atoms with E-state index in [0.29, 0.717) is 47.4 Å². The molecule has 0 aliphatic heterocycles. The third-order valence-corrected chi connectivity index (χ3v) is 10.2. The molecule has 1 amide bonds. The minimum atomic E-state index is -0.0845. The number of carbonyl (C=O) groups is 2. The first-order valence-corrected chi connectivity index (χ1v) is 14.8. The van der Waals surface area contributed by atoms with E-state index in [9.17, 15) is 14.7 Å². The Bertz CT molecular complexity index is 1150. The molecular weight excluding hydrogens is 484 g/mol. The smallest absolute Gasteiger partial charge is 0.306 e. The van der Waals surface area contributed by atoms with Crippen LogP contribution in [0.3, 0.4) is 0 Å². The van der Waals surface area contributed by atoms with Crippen LogP contribution in [-0.4, -0.2) is 28.1 Å². The number of ether oxygens (including phenoxy) is 1. The van der Waals surface area contributed by atoms with E-state index >= 15 is 0 Å². The molecule has 2 aromatic rings. The van der Waals surface area contributed by atoms with Crippen LogP contribution < -0.4 is 5.32 Å². The highest BCUT2D eigenvalue weighted by atomic mass is 32.1. The quantitative estimate of drug-likeness (QED) is 0.373. The number of esters is 1. The number of aromatic nitrogens is 1. The molecule has 0 radical (unpaired) electrons. The Hall–Kier alpha value is -2.41. The fraction of sp³-hybridized carbons (Fsp3) is 0.633. The topological polar surface area (TPSA) is 88.5 Å². The van der Waals surface area contributed by atoms with Gasteiger partial charge < -0.3 is 15.2 Å². The average molecular weight is 525 g/mol. The first-order valence-electron chi connectivity index (χ1n) is 14.0. The second kappa shape index (κ2) is 10.8. The number of nitrogens with zero attached hydrogens (tertiary/aromatic N) is 1. The first kappa shape index (κ1) is 26.2. The summed E-state index contributed by atoms with van der Waals surface area (Å²) < 4.78 is 6.21. The van der Waals surface area contributed by atoms with Gasteiger partial charge in [-0.25, -0.2) is 4.98 Å².